The highest BCUT2D eigenvalue weighted by molar-refractivity contribution is 6.82. The van der Waals surface area contributed by atoms with Crippen LogP contribution in [0.15, 0.2) is 18.7 Å². The minimum Gasteiger partial charge on any atom is -0.457 e. The molecule has 148 valence electrons. The van der Waals surface area contributed by atoms with Crippen molar-refractivity contribution in [1.82, 2.24) is 0 Å². The Labute approximate surface area is 171 Å². The Balaban J connectivity index is 3.28. The van der Waals surface area contributed by atoms with Gasteiger partial charge >= 0.3 is 0 Å². The Kier molecular flexibility index (Phi) is 8.89. The Bertz CT molecular complexity index is 615. The molecule has 0 aliphatic carbocycles. The van der Waals surface area contributed by atoms with E-state index in [1.807, 2.05) is 6.08 Å². The van der Waals surface area contributed by atoms with Crippen molar-refractivity contribution in [3.05, 3.63) is 24.3 Å². The van der Waals surface area contributed by atoms with Crippen molar-refractivity contribution < 1.29 is 12.3 Å². The molecule has 0 atom stereocenters. The highest BCUT2D eigenvalue weighted by Crippen LogP contribution is 2.05. The summed E-state index contributed by atoms with van der Waals surface area (Å²) >= 11 is 0. The van der Waals surface area contributed by atoms with Gasteiger partial charge in [-0.05, 0) is 80.0 Å². The van der Waals surface area contributed by atoms with Crippen LogP contribution in [-0.2, 0) is 12.3 Å². The van der Waals surface area contributed by atoms with Gasteiger partial charge in [0.25, 0.3) is 0 Å². The molecular formula is C17H38O3Si6. The quantitative estimate of drug-likeness (QED) is 0.490. The maximum atomic E-state index is 6.46. The summed E-state index contributed by atoms with van der Waals surface area (Å²) in [5.41, 5.74) is 1.25. The molecule has 26 heavy (non-hydrogen) atoms. The van der Waals surface area contributed by atoms with E-state index in [1.54, 1.807) is 0 Å². The Hall–Kier alpha value is 0.141. The smallest absolute Gasteiger partial charge is 0.179 e. The minimum absolute atomic E-state index is 0.729. The molecule has 0 N–H and O–H groups in total. The number of hydrogen-bond acceptors (Lipinski definition) is 3. The summed E-state index contributed by atoms with van der Waals surface area (Å²) in [6.45, 7) is 24.5. The van der Waals surface area contributed by atoms with Crippen LogP contribution >= 0.6 is 0 Å². The van der Waals surface area contributed by atoms with Gasteiger partial charge in [0.05, 0.1) is 0 Å². The summed E-state index contributed by atoms with van der Waals surface area (Å²) in [6.07, 6.45) is 1.99. The maximum absolute atomic E-state index is 6.46. The van der Waals surface area contributed by atoms with E-state index in [-0.39, 0.29) is 0 Å². The van der Waals surface area contributed by atoms with Crippen LogP contribution in [0.25, 0.3) is 6.08 Å². The zero-order chi connectivity index (χ0) is 20.2. The van der Waals surface area contributed by atoms with Gasteiger partial charge in [0, 0.05) is 0 Å². The van der Waals surface area contributed by atoms with Crippen molar-refractivity contribution in [1.29, 1.82) is 0 Å². The number of benzene rings is 1. The summed E-state index contributed by atoms with van der Waals surface area (Å²) in [4.78, 5) is 0. The van der Waals surface area contributed by atoms with Gasteiger partial charge in [-0.1, -0.05) is 24.8 Å². The Morgan fingerprint density at radius 2 is 1.12 bits per heavy atom. The van der Waals surface area contributed by atoms with Gasteiger partial charge in [0.15, 0.2) is 54.2 Å². The zero-order valence-corrected chi connectivity index (χ0v) is 25.5. The SMILES string of the molecule is C=Cc1ccc([SiH2]O[Si](C)(C)C)c([SiH2]O[Si](C)(C)C)c1[SiH2]O[Si](C)(C)C. The van der Waals surface area contributed by atoms with E-state index in [4.69, 9.17) is 12.3 Å². The van der Waals surface area contributed by atoms with E-state index in [0.717, 1.165) is 0 Å². The lowest BCUT2D eigenvalue weighted by atomic mass is 10.2. The van der Waals surface area contributed by atoms with E-state index >= 15 is 0 Å². The van der Waals surface area contributed by atoms with Gasteiger partial charge in [-0.2, -0.15) is 0 Å². The summed E-state index contributed by atoms with van der Waals surface area (Å²) in [7, 11) is -6.84. The fourth-order valence-electron chi connectivity index (χ4n) is 2.31. The summed E-state index contributed by atoms with van der Waals surface area (Å²) in [5.74, 6) is 0. The fourth-order valence-corrected chi connectivity index (χ4v) is 12.9. The Morgan fingerprint density at radius 1 is 0.692 bits per heavy atom. The lowest BCUT2D eigenvalue weighted by molar-refractivity contribution is 0.602. The first-order chi connectivity index (χ1) is 11.7. The van der Waals surface area contributed by atoms with Gasteiger partial charge in [-0.15, -0.1) is 0 Å². The monoisotopic (exact) mass is 458 g/mol. The second-order valence-corrected chi connectivity index (χ2v) is 28.9. The maximum Gasteiger partial charge on any atom is 0.179 e. The molecular weight excluding hydrogens is 421 g/mol. The largest absolute Gasteiger partial charge is 0.457 e. The lowest BCUT2D eigenvalue weighted by Gasteiger charge is -2.25. The molecule has 0 fully saturated rings. The van der Waals surface area contributed by atoms with E-state index < -0.39 is 54.2 Å². The van der Waals surface area contributed by atoms with E-state index in [0.29, 0.717) is 0 Å². The van der Waals surface area contributed by atoms with Gasteiger partial charge < -0.3 is 12.3 Å². The molecule has 0 spiro atoms. The first-order valence-corrected chi connectivity index (χ1v) is 23.5. The molecule has 0 radical (unpaired) electrons. The molecule has 0 saturated heterocycles. The second-order valence-electron chi connectivity index (χ2n) is 9.68. The average Bonchev–Trinajstić information content (AvgIpc) is 2.46. The molecule has 1 aromatic carbocycles. The molecule has 0 heterocycles. The van der Waals surface area contributed by atoms with Crippen LogP contribution in [0, 0.1) is 0 Å². The molecule has 0 bridgehead atoms. The zero-order valence-electron chi connectivity index (χ0n) is 18.3. The normalized spacial score (nSPS) is 14.5. The lowest BCUT2D eigenvalue weighted by Crippen LogP contribution is -2.54. The Morgan fingerprint density at radius 3 is 1.54 bits per heavy atom. The predicted octanol–water partition coefficient (Wildman–Crippen LogP) is 1.01. The fraction of sp³-hybridized carbons (Fsp3) is 0.529. The molecule has 0 unspecified atom stereocenters. The van der Waals surface area contributed by atoms with Crippen molar-refractivity contribution in [2.24, 2.45) is 0 Å². The van der Waals surface area contributed by atoms with Gasteiger partial charge in [-0.3, -0.25) is 0 Å². The third-order valence-electron chi connectivity index (χ3n) is 3.74. The standard InChI is InChI=1S/C17H38O3Si6/c1-11-14-12-13-15(21-18-24(2,3)4)17(23-20-26(8,9)10)16(14)22-19-25(5,6)7/h11-13H,1,21-23H2,2-10H3. The third-order valence-corrected chi connectivity index (χ3v) is 20.1. The molecule has 9 heteroatoms. The first kappa shape index (κ1) is 24.2. The average molecular weight is 459 g/mol. The van der Waals surface area contributed by atoms with Gasteiger partial charge in [0.2, 0.25) is 0 Å². The highest BCUT2D eigenvalue weighted by atomic mass is 28.4. The van der Waals surface area contributed by atoms with Crippen LogP contribution < -0.4 is 15.6 Å². The van der Waals surface area contributed by atoms with Gasteiger partial charge in [0.1, 0.15) is 0 Å². The summed E-state index contributed by atoms with van der Waals surface area (Å²) < 4.78 is 19.3. The summed E-state index contributed by atoms with van der Waals surface area (Å²) in [6, 6.07) is 4.51. The van der Waals surface area contributed by atoms with E-state index in [9.17, 15) is 0 Å². The summed E-state index contributed by atoms with van der Waals surface area (Å²) in [5, 5.41) is 4.38. The molecule has 3 nitrogen and oxygen atoms in total. The van der Waals surface area contributed by atoms with Crippen LogP contribution in [0.2, 0.25) is 58.9 Å². The molecule has 0 amide bonds. The van der Waals surface area contributed by atoms with Crippen LogP contribution in [-0.4, -0.2) is 54.2 Å². The predicted molar refractivity (Wildman–Crippen MR) is 134 cm³/mol. The molecule has 0 aliphatic heterocycles. The molecule has 1 rings (SSSR count). The van der Waals surface area contributed by atoms with E-state index in [1.165, 1.54) is 21.1 Å². The third kappa shape index (κ3) is 9.37. The molecule has 0 aliphatic rings. The highest BCUT2D eigenvalue weighted by Gasteiger charge is 2.22. The van der Waals surface area contributed by atoms with Crippen LogP contribution in [0.5, 0.6) is 0 Å². The van der Waals surface area contributed by atoms with Crippen molar-refractivity contribution >= 4 is 75.9 Å². The van der Waals surface area contributed by atoms with Crippen molar-refractivity contribution in [2.75, 3.05) is 0 Å². The second kappa shape index (κ2) is 9.56. The number of hydrogen-bond donors (Lipinski definition) is 0. The molecule has 0 aromatic heterocycles. The molecule has 1 aromatic rings. The van der Waals surface area contributed by atoms with Crippen molar-refractivity contribution in [2.45, 2.75) is 58.9 Å². The van der Waals surface area contributed by atoms with Crippen LogP contribution in [0.4, 0.5) is 0 Å². The van der Waals surface area contributed by atoms with Crippen LogP contribution in [0.1, 0.15) is 5.56 Å². The number of rotatable bonds is 10. The van der Waals surface area contributed by atoms with Gasteiger partial charge in [-0.25, -0.2) is 0 Å². The first-order valence-electron chi connectivity index (χ1n) is 9.40. The molecule has 0 saturated carbocycles. The topological polar surface area (TPSA) is 27.7 Å². The minimum atomic E-state index is -1.53. The van der Waals surface area contributed by atoms with Crippen molar-refractivity contribution in [3.8, 4) is 0 Å². The van der Waals surface area contributed by atoms with Crippen molar-refractivity contribution in [3.63, 3.8) is 0 Å². The van der Waals surface area contributed by atoms with Crippen LogP contribution in [0.3, 0.4) is 0 Å². The van der Waals surface area contributed by atoms with E-state index in [2.05, 4.69) is 77.6 Å².